The van der Waals surface area contributed by atoms with Crippen LogP contribution in [0.1, 0.15) is 51.5 Å². The minimum Gasteiger partial charge on any atom is -0.496 e. The average Bonchev–Trinajstić information content (AvgIpc) is 2.42. The summed E-state index contributed by atoms with van der Waals surface area (Å²) in [5.41, 5.74) is 1.30. The van der Waals surface area contributed by atoms with Crippen LogP contribution >= 0.6 is 15.9 Å². The number of ether oxygens (including phenoxy) is 1. The zero-order chi connectivity index (χ0) is 14.1. The maximum absolute atomic E-state index is 5.25. The molecule has 0 aliphatic rings. The molecular formula is C16H26BrNO. The van der Waals surface area contributed by atoms with Gasteiger partial charge in [-0.05, 0) is 46.5 Å². The highest BCUT2D eigenvalue weighted by Crippen LogP contribution is 2.25. The predicted molar refractivity (Wildman–Crippen MR) is 85.8 cm³/mol. The Hall–Kier alpha value is -0.540. The fourth-order valence-corrected chi connectivity index (χ4v) is 2.82. The van der Waals surface area contributed by atoms with Gasteiger partial charge in [0, 0.05) is 12.6 Å². The second-order valence-electron chi connectivity index (χ2n) is 4.98. The van der Waals surface area contributed by atoms with Gasteiger partial charge in [-0.25, -0.2) is 0 Å². The SMILES string of the molecule is CCCCC(CCC)NCc1ccc(OC)c(Br)c1. The first-order valence-corrected chi connectivity index (χ1v) is 8.06. The summed E-state index contributed by atoms with van der Waals surface area (Å²) in [5.74, 6) is 0.889. The van der Waals surface area contributed by atoms with E-state index in [-0.39, 0.29) is 0 Å². The molecule has 2 nitrogen and oxygen atoms in total. The molecule has 0 aliphatic heterocycles. The van der Waals surface area contributed by atoms with Crippen molar-refractivity contribution in [1.29, 1.82) is 0 Å². The van der Waals surface area contributed by atoms with E-state index in [0.29, 0.717) is 6.04 Å². The summed E-state index contributed by atoms with van der Waals surface area (Å²) in [6.45, 7) is 5.44. The highest BCUT2D eigenvalue weighted by Gasteiger charge is 2.07. The minimum absolute atomic E-state index is 0.644. The first-order valence-electron chi connectivity index (χ1n) is 7.27. The largest absolute Gasteiger partial charge is 0.496 e. The molecule has 19 heavy (non-hydrogen) atoms. The molecule has 0 aromatic heterocycles. The molecule has 1 atom stereocenters. The van der Waals surface area contributed by atoms with Gasteiger partial charge in [0.2, 0.25) is 0 Å². The number of unbranched alkanes of at least 4 members (excludes halogenated alkanes) is 1. The Kier molecular flexibility index (Phi) is 8.15. The molecule has 1 rings (SSSR count). The summed E-state index contributed by atoms with van der Waals surface area (Å²) in [6.07, 6.45) is 6.37. The van der Waals surface area contributed by atoms with Gasteiger partial charge in [0.25, 0.3) is 0 Å². The normalized spacial score (nSPS) is 12.4. The Morgan fingerprint density at radius 2 is 2.00 bits per heavy atom. The molecule has 1 aromatic carbocycles. The van der Waals surface area contributed by atoms with Crippen molar-refractivity contribution in [2.24, 2.45) is 0 Å². The number of halogens is 1. The van der Waals surface area contributed by atoms with Crippen LogP contribution in [0.5, 0.6) is 5.75 Å². The third kappa shape index (κ3) is 5.96. The van der Waals surface area contributed by atoms with E-state index >= 15 is 0 Å². The Bertz CT molecular complexity index is 368. The van der Waals surface area contributed by atoms with Crippen LogP contribution in [-0.2, 0) is 6.54 Å². The van der Waals surface area contributed by atoms with Crippen LogP contribution in [-0.4, -0.2) is 13.2 Å². The lowest BCUT2D eigenvalue weighted by molar-refractivity contribution is 0.411. The molecule has 0 spiro atoms. The van der Waals surface area contributed by atoms with Crippen molar-refractivity contribution < 1.29 is 4.74 Å². The van der Waals surface area contributed by atoms with Crippen LogP contribution < -0.4 is 10.1 Å². The van der Waals surface area contributed by atoms with Crippen LogP contribution in [0.25, 0.3) is 0 Å². The molecule has 0 heterocycles. The van der Waals surface area contributed by atoms with Crippen LogP contribution in [0.15, 0.2) is 22.7 Å². The van der Waals surface area contributed by atoms with Crippen molar-refractivity contribution in [2.45, 2.75) is 58.5 Å². The van der Waals surface area contributed by atoms with Gasteiger partial charge in [-0.3, -0.25) is 0 Å². The van der Waals surface area contributed by atoms with Crippen molar-refractivity contribution >= 4 is 15.9 Å². The van der Waals surface area contributed by atoms with Gasteiger partial charge in [0.05, 0.1) is 11.6 Å². The Labute approximate surface area is 126 Å². The lowest BCUT2D eigenvalue weighted by Gasteiger charge is -2.18. The summed E-state index contributed by atoms with van der Waals surface area (Å²) in [4.78, 5) is 0. The average molecular weight is 328 g/mol. The summed E-state index contributed by atoms with van der Waals surface area (Å²) in [5, 5.41) is 3.67. The molecule has 0 amide bonds. The fraction of sp³-hybridized carbons (Fsp3) is 0.625. The number of benzene rings is 1. The second kappa shape index (κ2) is 9.38. The van der Waals surface area contributed by atoms with Crippen LogP contribution in [0, 0.1) is 0 Å². The maximum Gasteiger partial charge on any atom is 0.133 e. The quantitative estimate of drug-likeness (QED) is 0.696. The van der Waals surface area contributed by atoms with E-state index in [1.807, 2.05) is 6.07 Å². The maximum atomic E-state index is 5.25. The van der Waals surface area contributed by atoms with Crippen molar-refractivity contribution in [2.75, 3.05) is 7.11 Å². The molecule has 0 bridgehead atoms. The lowest BCUT2D eigenvalue weighted by Crippen LogP contribution is -2.28. The Morgan fingerprint density at radius 1 is 1.21 bits per heavy atom. The van der Waals surface area contributed by atoms with Crippen LogP contribution in [0.2, 0.25) is 0 Å². The van der Waals surface area contributed by atoms with Crippen LogP contribution in [0.3, 0.4) is 0 Å². The molecular weight excluding hydrogens is 302 g/mol. The number of rotatable bonds is 9. The third-order valence-electron chi connectivity index (χ3n) is 3.35. The van der Waals surface area contributed by atoms with Gasteiger partial charge < -0.3 is 10.1 Å². The molecule has 0 aliphatic carbocycles. The first-order chi connectivity index (χ1) is 9.21. The van der Waals surface area contributed by atoms with Crippen molar-refractivity contribution in [3.8, 4) is 5.75 Å². The van der Waals surface area contributed by atoms with Crippen molar-refractivity contribution in [3.63, 3.8) is 0 Å². The van der Waals surface area contributed by atoms with E-state index in [1.54, 1.807) is 7.11 Å². The zero-order valence-corrected chi connectivity index (χ0v) is 13.9. The third-order valence-corrected chi connectivity index (χ3v) is 3.97. The first kappa shape index (κ1) is 16.5. The second-order valence-corrected chi connectivity index (χ2v) is 5.83. The van der Waals surface area contributed by atoms with E-state index in [4.69, 9.17) is 4.74 Å². The van der Waals surface area contributed by atoms with Crippen molar-refractivity contribution in [1.82, 2.24) is 5.32 Å². The number of hydrogen-bond acceptors (Lipinski definition) is 2. The topological polar surface area (TPSA) is 21.3 Å². The summed E-state index contributed by atoms with van der Waals surface area (Å²) in [7, 11) is 1.69. The minimum atomic E-state index is 0.644. The van der Waals surface area contributed by atoms with Crippen molar-refractivity contribution in [3.05, 3.63) is 28.2 Å². The molecule has 0 saturated carbocycles. The van der Waals surface area contributed by atoms with E-state index in [9.17, 15) is 0 Å². The standard InChI is InChI=1S/C16H26BrNO/c1-4-6-8-14(7-5-2)18-12-13-9-10-16(19-3)15(17)11-13/h9-11,14,18H,4-8,12H2,1-3H3. The Balaban J connectivity index is 2.50. The summed E-state index contributed by atoms with van der Waals surface area (Å²) < 4.78 is 6.27. The van der Waals surface area contributed by atoms with E-state index in [0.717, 1.165) is 16.8 Å². The predicted octanol–water partition coefficient (Wildman–Crippen LogP) is 4.91. The molecule has 3 heteroatoms. The molecule has 108 valence electrons. The molecule has 0 fully saturated rings. The van der Waals surface area contributed by atoms with E-state index in [1.165, 1.54) is 37.7 Å². The monoisotopic (exact) mass is 327 g/mol. The Morgan fingerprint density at radius 3 is 2.58 bits per heavy atom. The van der Waals surface area contributed by atoms with Gasteiger partial charge in [0.1, 0.15) is 5.75 Å². The molecule has 1 N–H and O–H groups in total. The van der Waals surface area contributed by atoms with Gasteiger partial charge >= 0.3 is 0 Å². The van der Waals surface area contributed by atoms with E-state index < -0.39 is 0 Å². The van der Waals surface area contributed by atoms with Gasteiger partial charge in [-0.15, -0.1) is 0 Å². The van der Waals surface area contributed by atoms with Crippen LogP contribution in [0.4, 0.5) is 0 Å². The highest BCUT2D eigenvalue weighted by molar-refractivity contribution is 9.10. The molecule has 0 saturated heterocycles. The zero-order valence-electron chi connectivity index (χ0n) is 12.3. The number of hydrogen-bond donors (Lipinski definition) is 1. The molecule has 1 aromatic rings. The van der Waals surface area contributed by atoms with Gasteiger partial charge in [-0.2, -0.15) is 0 Å². The highest BCUT2D eigenvalue weighted by atomic mass is 79.9. The lowest BCUT2D eigenvalue weighted by atomic mass is 10.0. The number of methoxy groups -OCH3 is 1. The summed E-state index contributed by atoms with van der Waals surface area (Å²) >= 11 is 3.53. The molecule has 0 radical (unpaired) electrons. The smallest absolute Gasteiger partial charge is 0.133 e. The van der Waals surface area contributed by atoms with Gasteiger partial charge in [0.15, 0.2) is 0 Å². The van der Waals surface area contributed by atoms with E-state index in [2.05, 4.69) is 47.2 Å². The fourth-order valence-electron chi connectivity index (χ4n) is 2.23. The molecule has 1 unspecified atom stereocenters. The summed E-state index contributed by atoms with van der Waals surface area (Å²) in [6, 6.07) is 6.92. The van der Waals surface area contributed by atoms with Gasteiger partial charge in [-0.1, -0.05) is 39.2 Å². The number of nitrogens with one attached hydrogen (secondary N) is 1.